The molecule has 2 rings (SSSR count). The molecule has 1 aliphatic heterocycles. The molecular weight excluding hydrogens is 210 g/mol. The molecule has 1 heterocycles. The molecule has 0 bridgehead atoms. The third-order valence-corrected chi connectivity index (χ3v) is 2.95. The van der Waals surface area contributed by atoms with E-state index in [1.165, 1.54) is 12.1 Å². The lowest BCUT2D eigenvalue weighted by molar-refractivity contribution is 0.0174. The molecule has 0 amide bonds. The lowest BCUT2D eigenvalue weighted by Crippen LogP contribution is -2.10. The van der Waals surface area contributed by atoms with Crippen molar-refractivity contribution in [2.24, 2.45) is 0 Å². The number of ether oxygens (including phenoxy) is 1. The molecule has 1 unspecified atom stereocenters. The van der Waals surface area contributed by atoms with Gasteiger partial charge in [0.2, 0.25) is 0 Å². The van der Waals surface area contributed by atoms with Gasteiger partial charge in [0.05, 0.1) is 6.10 Å². The first-order chi connectivity index (χ1) is 7.55. The lowest BCUT2D eigenvalue weighted by atomic mass is 10.0. The van der Waals surface area contributed by atoms with Gasteiger partial charge in [-0.05, 0) is 24.8 Å². The van der Waals surface area contributed by atoms with E-state index in [4.69, 9.17) is 4.74 Å². The molecule has 1 aromatic rings. The van der Waals surface area contributed by atoms with Crippen LogP contribution in [-0.2, 0) is 17.1 Å². The molecule has 0 aliphatic carbocycles. The van der Waals surface area contributed by atoms with Crippen LogP contribution >= 0.6 is 0 Å². The predicted octanol–water partition coefficient (Wildman–Crippen LogP) is 3.52. The second-order valence-corrected chi connectivity index (χ2v) is 4.42. The molecular formula is C13H16F2O. The van der Waals surface area contributed by atoms with Gasteiger partial charge in [-0.25, -0.2) is 8.78 Å². The largest absolute Gasteiger partial charge is 0.378 e. The summed E-state index contributed by atoms with van der Waals surface area (Å²) in [6, 6.07) is 6.55. The molecule has 0 radical (unpaired) electrons. The first-order valence-corrected chi connectivity index (χ1v) is 5.64. The topological polar surface area (TPSA) is 9.23 Å². The number of hydrogen-bond acceptors (Lipinski definition) is 1. The molecule has 1 fully saturated rings. The number of hydrogen-bond donors (Lipinski definition) is 0. The van der Waals surface area contributed by atoms with Gasteiger partial charge in [0.1, 0.15) is 0 Å². The van der Waals surface area contributed by atoms with Crippen LogP contribution in [0.2, 0.25) is 0 Å². The monoisotopic (exact) mass is 226 g/mol. The average molecular weight is 226 g/mol. The van der Waals surface area contributed by atoms with Gasteiger partial charge in [-0.15, -0.1) is 0 Å². The predicted molar refractivity (Wildman–Crippen MR) is 58.7 cm³/mol. The van der Waals surface area contributed by atoms with Crippen LogP contribution in [0.4, 0.5) is 8.78 Å². The standard InChI is InChI=1S/C13H16F2O/c1-13(14,15)11-6-4-10(5-7-11)9-12-3-2-8-16-12/h4-7,12H,2-3,8-9H2,1H3. The highest BCUT2D eigenvalue weighted by molar-refractivity contribution is 5.25. The normalized spacial score (nSPS) is 21.3. The summed E-state index contributed by atoms with van der Waals surface area (Å²) in [5.41, 5.74) is 1.14. The van der Waals surface area contributed by atoms with Gasteiger partial charge in [0, 0.05) is 19.1 Å². The second kappa shape index (κ2) is 4.50. The summed E-state index contributed by atoms with van der Waals surface area (Å²) in [6.07, 6.45) is 3.28. The quantitative estimate of drug-likeness (QED) is 0.766. The SMILES string of the molecule is CC(F)(F)c1ccc(CC2CCCO2)cc1. The van der Waals surface area contributed by atoms with Crippen LogP contribution in [0.15, 0.2) is 24.3 Å². The Morgan fingerprint density at radius 1 is 1.31 bits per heavy atom. The van der Waals surface area contributed by atoms with E-state index in [-0.39, 0.29) is 11.7 Å². The summed E-state index contributed by atoms with van der Waals surface area (Å²) in [5, 5.41) is 0. The minimum Gasteiger partial charge on any atom is -0.378 e. The average Bonchev–Trinajstić information content (AvgIpc) is 2.70. The molecule has 16 heavy (non-hydrogen) atoms. The Bertz CT molecular complexity index is 334. The van der Waals surface area contributed by atoms with Gasteiger partial charge >= 0.3 is 0 Å². The highest BCUT2D eigenvalue weighted by Gasteiger charge is 2.24. The van der Waals surface area contributed by atoms with Crippen LogP contribution in [-0.4, -0.2) is 12.7 Å². The number of halogens is 2. The lowest BCUT2D eigenvalue weighted by Gasteiger charge is -2.12. The third kappa shape index (κ3) is 2.79. The summed E-state index contributed by atoms with van der Waals surface area (Å²) in [6.45, 7) is 1.75. The molecule has 1 atom stereocenters. The molecule has 1 aliphatic rings. The Kier molecular flexibility index (Phi) is 3.24. The Morgan fingerprint density at radius 3 is 2.50 bits per heavy atom. The Hall–Kier alpha value is -0.960. The van der Waals surface area contributed by atoms with Crippen LogP contribution < -0.4 is 0 Å². The highest BCUT2D eigenvalue weighted by atomic mass is 19.3. The van der Waals surface area contributed by atoms with Gasteiger partial charge in [-0.2, -0.15) is 0 Å². The Labute approximate surface area is 94.4 Å². The first-order valence-electron chi connectivity index (χ1n) is 5.64. The molecule has 0 aromatic heterocycles. The first kappa shape index (κ1) is 11.5. The fraction of sp³-hybridized carbons (Fsp3) is 0.538. The van der Waals surface area contributed by atoms with E-state index in [1.807, 2.05) is 0 Å². The van der Waals surface area contributed by atoms with E-state index < -0.39 is 5.92 Å². The van der Waals surface area contributed by atoms with Gasteiger partial charge in [-0.3, -0.25) is 0 Å². The Balaban J connectivity index is 2.01. The maximum absolute atomic E-state index is 13.0. The third-order valence-electron chi connectivity index (χ3n) is 2.95. The fourth-order valence-electron chi connectivity index (χ4n) is 2.00. The molecule has 1 nitrogen and oxygen atoms in total. The summed E-state index contributed by atoms with van der Waals surface area (Å²) >= 11 is 0. The van der Waals surface area contributed by atoms with Crippen molar-refractivity contribution in [2.75, 3.05) is 6.61 Å². The minimum absolute atomic E-state index is 0.0728. The van der Waals surface area contributed by atoms with E-state index in [1.54, 1.807) is 12.1 Å². The summed E-state index contributed by atoms with van der Waals surface area (Å²) in [4.78, 5) is 0. The zero-order valence-corrected chi connectivity index (χ0v) is 9.38. The zero-order valence-electron chi connectivity index (χ0n) is 9.38. The second-order valence-electron chi connectivity index (χ2n) is 4.42. The number of alkyl halides is 2. The van der Waals surface area contributed by atoms with Crippen LogP contribution in [0.1, 0.15) is 30.9 Å². The minimum atomic E-state index is -2.75. The molecule has 88 valence electrons. The van der Waals surface area contributed by atoms with E-state index in [0.29, 0.717) is 0 Å². The summed E-state index contributed by atoms with van der Waals surface area (Å²) in [7, 11) is 0. The van der Waals surface area contributed by atoms with Crippen LogP contribution in [0.3, 0.4) is 0 Å². The van der Waals surface area contributed by atoms with Crippen molar-refractivity contribution in [3.05, 3.63) is 35.4 Å². The Morgan fingerprint density at radius 2 is 2.00 bits per heavy atom. The van der Waals surface area contributed by atoms with E-state index in [0.717, 1.165) is 38.4 Å². The van der Waals surface area contributed by atoms with Crippen molar-refractivity contribution in [2.45, 2.75) is 38.2 Å². The summed E-state index contributed by atoms with van der Waals surface area (Å²) in [5.74, 6) is -2.75. The molecule has 3 heteroatoms. The molecule has 0 saturated carbocycles. The van der Waals surface area contributed by atoms with Gasteiger partial charge in [-0.1, -0.05) is 24.3 Å². The van der Waals surface area contributed by atoms with Crippen molar-refractivity contribution >= 4 is 0 Å². The van der Waals surface area contributed by atoms with E-state index >= 15 is 0 Å². The number of rotatable bonds is 3. The van der Waals surface area contributed by atoms with Crippen molar-refractivity contribution in [3.8, 4) is 0 Å². The van der Waals surface area contributed by atoms with Gasteiger partial charge in [0.15, 0.2) is 0 Å². The molecule has 1 aromatic carbocycles. The van der Waals surface area contributed by atoms with Crippen LogP contribution in [0.5, 0.6) is 0 Å². The van der Waals surface area contributed by atoms with Crippen molar-refractivity contribution in [3.63, 3.8) is 0 Å². The maximum Gasteiger partial charge on any atom is 0.270 e. The van der Waals surface area contributed by atoms with Crippen molar-refractivity contribution in [1.29, 1.82) is 0 Å². The van der Waals surface area contributed by atoms with E-state index in [2.05, 4.69) is 0 Å². The van der Waals surface area contributed by atoms with Crippen molar-refractivity contribution in [1.82, 2.24) is 0 Å². The van der Waals surface area contributed by atoms with Crippen LogP contribution in [0, 0.1) is 0 Å². The van der Waals surface area contributed by atoms with Crippen LogP contribution in [0.25, 0.3) is 0 Å². The summed E-state index contributed by atoms with van der Waals surface area (Å²) < 4.78 is 31.4. The molecule has 0 N–H and O–H groups in total. The smallest absolute Gasteiger partial charge is 0.270 e. The number of benzene rings is 1. The molecule has 0 spiro atoms. The maximum atomic E-state index is 13.0. The van der Waals surface area contributed by atoms with Gasteiger partial charge in [0.25, 0.3) is 5.92 Å². The van der Waals surface area contributed by atoms with E-state index in [9.17, 15) is 8.78 Å². The van der Waals surface area contributed by atoms with Crippen molar-refractivity contribution < 1.29 is 13.5 Å². The highest BCUT2D eigenvalue weighted by Crippen LogP contribution is 2.27. The fourth-order valence-corrected chi connectivity index (χ4v) is 2.00. The molecule has 1 saturated heterocycles. The van der Waals surface area contributed by atoms with Gasteiger partial charge < -0.3 is 4.74 Å². The zero-order chi connectivity index (χ0) is 11.6.